The van der Waals surface area contributed by atoms with Crippen LogP contribution in [0.2, 0.25) is 0 Å². The van der Waals surface area contributed by atoms with Gasteiger partial charge in [0.15, 0.2) is 0 Å². The second kappa shape index (κ2) is 5.19. The summed E-state index contributed by atoms with van der Waals surface area (Å²) in [5.41, 5.74) is 2.55. The molecule has 2 aromatic rings. The van der Waals surface area contributed by atoms with Gasteiger partial charge in [0, 0.05) is 36.2 Å². The van der Waals surface area contributed by atoms with Crippen LogP contribution in [0.25, 0.3) is 0 Å². The van der Waals surface area contributed by atoms with Crippen molar-refractivity contribution in [3.05, 3.63) is 42.0 Å². The van der Waals surface area contributed by atoms with Gasteiger partial charge < -0.3 is 9.88 Å². The first-order chi connectivity index (χ1) is 8.24. The van der Waals surface area contributed by atoms with Crippen LogP contribution in [0.1, 0.15) is 31.1 Å². The molecule has 4 heteroatoms. The molecule has 17 heavy (non-hydrogen) atoms. The molecule has 0 aliphatic carbocycles. The first-order valence-electron chi connectivity index (χ1n) is 6.08. The van der Waals surface area contributed by atoms with E-state index >= 15 is 0 Å². The molecule has 0 bridgehead atoms. The van der Waals surface area contributed by atoms with E-state index in [4.69, 9.17) is 0 Å². The molecular weight excluding hydrogens is 212 g/mol. The van der Waals surface area contributed by atoms with Crippen LogP contribution in [0.5, 0.6) is 0 Å². The minimum Gasteiger partial charge on any atom is -0.345 e. The second-order valence-corrected chi connectivity index (χ2v) is 4.28. The van der Waals surface area contributed by atoms with Crippen LogP contribution < -0.4 is 5.32 Å². The minimum absolute atomic E-state index is 0.367. The van der Waals surface area contributed by atoms with E-state index < -0.39 is 0 Å². The summed E-state index contributed by atoms with van der Waals surface area (Å²) in [6.45, 7) is 6.07. The summed E-state index contributed by atoms with van der Waals surface area (Å²) in [5, 5.41) is 7.57. The third-order valence-corrected chi connectivity index (χ3v) is 3.10. The highest BCUT2D eigenvalue weighted by atomic mass is 15.3. The molecule has 0 aliphatic rings. The summed E-state index contributed by atoms with van der Waals surface area (Å²) >= 11 is 0. The maximum atomic E-state index is 4.30. The Balaban J connectivity index is 2.15. The third kappa shape index (κ3) is 2.58. The van der Waals surface area contributed by atoms with Crippen molar-refractivity contribution in [1.29, 1.82) is 0 Å². The van der Waals surface area contributed by atoms with Gasteiger partial charge in [0.1, 0.15) is 0 Å². The van der Waals surface area contributed by atoms with E-state index in [1.54, 1.807) is 0 Å². The number of hydrogen-bond acceptors (Lipinski definition) is 2. The molecule has 2 rings (SSSR count). The van der Waals surface area contributed by atoms with Gasteiger partial charge in [-0.25, -0.2) is 0 Å². The summed E-state index contributed by atoms with van der Waals surface area (Å²) in [5.74, 6) is 0. The van der Waals surface area contributed by atoms with Crippen LogP contribution in [0.4, 0.5) is 0 Å². The molecule has 1 atom stereocenters. The van der Waals surface area contributed by atoms with Gasteiger partial charge in [-0.3, -0.25) is 4.68 Å². The fraction of sp³-hybridized carbons (Fsp3) is 0.462. The lowest BCUT2D eigenvalue weighted by molar-refractivity contribution is 0.589. The Morgan fingerprint density at radius 1 is 1.47 bits per heavy atom. The molecule has 0 aromatic carbocycles. The van der Waals surface area contributed by atoms with Crippen molar-refractivity contribution in [1.82, 2.24) is 19.7 Å². The summed E-state index contributed by atoms with van der Waals surface area (Å²) in [4.78, 5) is 0. The van der Waals surface area contributed by atoms with Crippen LogP contribution in [-0.2, 0) is 13.1 Å². The number of hydrogen-bond donors (Lipinski definition) is 1. The largest absolute Gasteiger partial charge is 0.345 e. The predicted molar refractivity (Wildman–Crippen MR) is 68.9 cm³/mol. The first kappa shape index (κ1) is 11.9. The van der Waals surface area contributed by atoms with Gasteiger partial charge in [-0.2, -0.15) is 5.10 Å². The molecule has 4 nitrogen and oxygen atoms in total. The van der Waals surface area contributed by atoms with Crippen molar-refractivity contribution in [2.75, 3.05) is 7.05 Å². The molecule has 0 spiro atoms. The zero-order valence-electron chi connectivity index (χ0n) is 10.7. The summed E-state index contributed by atoms with van der Waals surface area (Å²) < 4.78 is 4.22. The van der Waals surface area contributed by atoms with E-state index in [9.17, 15) is 0 Å². The lowest BCUT2D eigenvalue weighted by atomic mass is 10.2. The maximum Gasteiger partial charge on any atom is 0.0539 e. The molecule has 2 aromatic heterocycles. The second-order valence-electron chi connectivity index (χ2n) is 4.28. The van der Waals surface area contributed by atoms with Crippen molar-refractivity contribution in [3.63, 3.8) is 0 Å². The van der Waals surface area contributed by atoms with E-state index in [1.807, 2.05) is 17.9 Å². The van der Waals surface area contributed by atoms with Crippen LogP contribution >= 0.6 is 0 Å². The standard InChI is InChI=1S/C13H20N4/c1-4-17-10-12(8-15-17)9-16-7-5-6-13(16)11(2)14-3/h5-8,10-11,14H,4,9H2,1-3H3. The lowest BCUT2D eigenvalue weighted by Crippen LogP contribution is -2.16. The highest BCUT2D eigenvalue weighted by Crippen LogP contribution is 2.14. The molecule has 0 aliphatic heterocycles. The summed E-state index contributed by atoms with van der Waals surface area (Å²) in [6.07, 6.45) is 6.16. The number of aryl methyl sites for hydroxylation is 1. The Bertz CT molecular complexity index is 469. The normalized spacial score (nSPS) is 12.9. The van der Waals surface area contributed by atoms with Crippen molar-refractivity contribution >= 4 is 0 Å². The van der Waals surface area contributed by atoms with Crippen LogP contribution in [0.3, 0.4) is 0 Å². The maximum absolute atomic E-state index is 4.30. The topological polar surface area (TPSA) is 34.8 Å². The predicted octanol–water partition coefficient (Wildman–Crippen LogP) is 2.03. The highest BCUT2D eigenvalue weighted by molar-refractivity contribution is 5.15. The van der Waals surface area contributed by atoms with E-state index in [-0.39, 0.29) is 0 Å². The number of aromatic nitrogens is 3. The van der Waals surface area contributed by atoms with Crippen LogP contribution in [0, 0.1) is 0 Å². The number of rotatable bonds is 5. The fourth-order valence-electron chi connectivity index (χ4n) is 1.97. The van der Waals surface area contributed by atoms with Gasteiger partial charge in [0.05, 0.1) is 12.7 Å². The molecular formula is C13H20N4. The Morgan fingerprint density at radius 2 is 2.29 bits per heavy atom. The first-order valence-corrected chi connectivity index (χ1v) is 6.08. The quantitative estimate of drug-likeness (QED) is 0.856. The molecule has 0 radical (unpaired) electrons. The molecule has 0 saturated carbocycles. The Hall–Kier alpha value is -1.55. The van der Waals surface area contributed by atoms with Gasteiger partial charge in [-0.15, -0.1) is 0 Å². The van der Waals surface area contributed by atoms with Gasteiger partial charge in [-0.05, 0) is 33.0 Å². The molecule has 0 fully saturated rings. The molecule has 1 unspecified atom stereocenters. The van der Waals surface area contributed by atoms with Gasteiger partial charge in [0.25, 0.3) is 0 Å². The minimum atomic E-state index is 0.367. The number of nitrogens with one attached hydrogen (secondary N) is 1. The van der Waals surface area contributed by atoms with Crippen molar-refractivity contribution in [3.8, 4) is 0 Å². The third-order valence-electron chi connectivity index (χ3n) is 3.10. The lowest BCUT2D eigenvalue weighted by Gasteiger charge is -2.14. The van der Waals surface area contributed by atoms with Gasteiger partial charge >= 0.3 is 0 Å². The SMILES string of the molecule is CCn1cc(Cn2cccc2C(C)NC)cn1. The van der Waals surface area contributed by atoms with E-state index in [1.165, 1.54) is 11.3 Å². The van der Waals surface area contributed by atoms with Crippen LogP contribution in [0.15, 0.2) is 30.7 Å². The Kier molecular flexibility index (Phi) is 3.64. The number of nitrogens with zero attached hydrogens (tertiary/aromatic N) is 3. The zero-order valence-corrected chi connectivity index (χ0v) is 10.7. The van der Waals surface area contributed by atoms with E-state index in [0.717, 1.165) is 13.1 Å². The Labute approximate surface area is 102 Å². The van der Waals surface area contributed by atoms with Gasteiger partial charge in [-0.1, -0.05) is 0 Å². The monoisotopic (exact) mass is 232 g/mol. The van der Waals surface area contributed by atoms with Crippen molar-refractivity contribution in [2.24, 2.45) is 0 Å². The Morgan fingerprint density at radius 3 is 2.94 bits per heavy atom. The molecule has 2 heterocycles. The zero-order chi connectivity index (χ0) is 12.3. The molecule has 0 saturated heterocycles. The average Bonchev–Trinajstić information content (AvgIpc) is 2.97. The van der Waals surface area contributed by atoms with E-state index in [2.05, 4.69) is 53.4 Å². The fourth-order valence-corrected chi connectivity index (χ4v) is 1.97. The van der Waals surface area contributed by atoms with Crippen molar-refractivity contribution < 1.29 is 0 Å². The smallest absolute Gasteiger partial charge is 0.0539 e. The van der Waals surface area contributed by atoms with Crippen molar-refractivity contribution in [2.45, 2.75) is 33.0 Å². The average molecular weight is 232 g/mol. The van der Waals surface area contributed by atoms with Gasteiger partial charge in [0.2, 0.25) is 0 Å². The molecule has 92 valence electrons. The highest BCUT2D eigenvalue weighted by Gasteiger charge is 2.08. The molecule has 1 N–H and O–H groups in total. The molecule has 0 amide bonds. The summed E-state index contributed by atoms with van der Waals surface area (Å²) in [6, 6.07) is 4.62. The van der Waals surface area contributed by atoms with E-state index in [0.29, 0.717) is 6.04 Å². The van der Waals surface area contributed by atoms with Crippen LogP contribution in [-0.4, -0.2) is 21.4 Å². The summed E-state index contributed by atoms with van der Waals surface area (Å²) in [7, 11) is 1.98.